The van der Waals surface area contributed by atoms with E-state index in [2.05, 4.69) is 31.3 Å². The van der Waals surface area contributed by atoms with Gasteiger partial charge in [-0.25, -0.2) is 0 Å². The van der Waals surface area contributed by atoms with Gasteiger partial charge in [-0.05, 0) is 34.1 Å². The number of halogens is 2. The first kappa shape index (κ1) is 18.2. The van der Waals surface area contributed by atoms with E-state index in [4.69, 9.17) is 26.8 Å². The van der Waals surface area contributed by atoms with Crippen LogP contribution in [0.4, 0.5) is 0 Å². The number of amides is 1. The fourth-order valence-corrected chi connectivity index (χ4v) is 3.11. The van der Waals surface area contributed by atoms with Crippen molar-refractivity contribution in [3.8, 4) is 22.8 Å². The fraction of sp³-hybridized carbons (Fsp3) is 0.118. The van der Waals surface area contributed by atoms with Crippen molar-refractivity contribution in [1.82, 2.24) is 15.4 Å². The number of nitrogens with two attached hydrogens (primary N) is 1. The van der Waals surface area contributed by atoms with Crippen LogP contribution in [0.5, 0.6) is 11.5 Å². The third kappa shape index (κ3) is 3.66. The first-order chi connectivity index (χ1) is 12.5. The van der Waals surface area contributed by atoms with Crippen LogP contribution in [-0.4, -0.2) is 28.4 Å². The minimum Gasteiger partial charge on any atom is -0.493 e. The number of H-pyrrole nitrogens is 1. The highest BCUT2D eigenvalue weighted by Crippen LogP contribution is 2.40. The molecule has 0 saturated heterocycles. The minimum atomic E-state index is -0.678. The van der Waals surface area contributed by atoms with Gasteiger partial charge in [-0.2, -0.15) is 15.4 Å². The number of benzene rings is 2. The van der Waals surface area contributed by atoms with Crippen LogP contribution in [0, 0.1) is 0 Å². The summed E-state index contributed by atoms with van der Waals surface area (Å²) < 4.78 is 11.9. The van der Waals surface area contributed by atoms with Crippen LogP contribution >= 0.6 is 27.5 Å². The zero-order chi connectivity index (χ0) is 18.7. The fourth-order valence-electron chi connectivity index (χ4n) is 2.37. The summed E-state index contributed by atoms with van der Waals surface area (Å²) in [5.74, 6) is 0.281. The summed E-state index contributed by atoms with van der Waals surface area (Å²) in [6.45, 7) is 0.268. The van der Waals surface area contributed by atoms with Gasteiger partial charge in [0, 0.05) is 16.1 Å². The van der Waals surface area contributed by atoms with E-state index in [1.54, 1.807) is 18.2 Å². The van der Waals surface area contributed by atoms with Gasteiger partial charge in [-0.15, -0.1) is 0 Å². The Labute approximate surface area is 162 Å². The zero-order valence-corrected chi connectivity index (χ0v) is 16.0. The van der Waals surface area contributed by atoms with Crippen LogP contribution in [0.25, 0.3) is 11.3 Å². The molecule has 0 aliphatic carbocycles. The third-order valence-corrected chi connectivity index (χ3v) is 4.57. The van der Waals surface area contributed by atoms with E-state index in [1.807, 2.05) is 18.2 Å². The van der Waals surface area contributed by atoms with Gasteiger partial charge in [0.1, 0.15) is 12.3 Å². The normalized spacial score (nSPS) is 10.6. The molecule has 134 valence electrons. The smallest absolute Gasteiger partial charge is 0.271 e. The topological polar surface area (TPSA) is 103 Å². The van der Waals surface area contributed by atoms with Gasteiger partial charge in [0.2, 0.25) is 0 Å². The van der Waals surface area contributed by atoms with Crippen LogP contribution in [0.3, 0.4) is 0 Å². The molecule has 1 amide bonds. The van der Waals surface area contributed by atoms with Crippen molar-refractivity contribution < 1.29 is 14.3 Å². The molecule has 9 heteroatoms. The van der Waals surface area contributed by atoms with Gasteiger partial charge in [0.15, 0.2) is 17.2 Å². The Balaban J connectivity index is 1.94. The van der Waals surface area contributed by atoms with Gasteiger partial charge in [-0.3, -0.25) is 4.79 Å². The molecule has 7 nitrogen and oxygen atoms in total. The van der Waals surface area contributed by atoms with E-state index < -0.39 is 5.91 Å². The summed E-state index contributed by atoms with van der Waals surface area (Å²) in [4.78, 5) is 11.5. The van der Waals surface area contributed by atoms with Gasteiger partial charge >= 0.3 is 0 Å². The van der Waals surface area contributed by atoms with Gasteiger partial charge < -0.3 is 15.2 Å². The maximum Gasteiger partial charge on any atom is 0.271 e. The molecule has 0 bridgehead atoms. The number of methoxy groups -OCH3 is 1. The lowest BCUT2D eigenvalue weighted by Crippen LogP contribution is -2.12. The number of nitrogens with zero attached hydrogens (tertiary/aromatic N) is 2. The number of hydrogen-bond acceptors (Lipinski definition) is 5. The number of carbonyl (C=O) groups excluding carboxylic acids is 1. The second-order valence-corrected chi connectivity index (χ2v) is 6.52. The molecule has 26 heavy (non-hydrogen) atoms. The van der Waals surface area contributed by atoms with Crippen LogP contribution in [0.1, 0.15) is 16.1 Å². The number of primary amides is 1. The van der Waals surface area contributed by atoms with E-state index in [9.17, 15) is 4.79 Å². The quantitative estimate of drug-likeness (QED) is 0.613. The molecule has 0 unspecified atom stereocenters. The summed E-state index contributed by atoms with van der Waals surface area (Å²) in [6, 6.07) is 10.9. The van der Waals surface area contributed by atoms with E-state index >= 15 is 0 Å². The molecule has 0 radical (unpaired) electrons. The maximum absolute atomic E-state index is 11.5. The Morgan fingerprint density at radius 3 is 2.77 bits per heavy atom. The summed E-state index contributed by atoms with van der Waals surface area (Å²) in [5.41, 5.74) is 7.14. The molecule has 0 atom stereocenters. The van der Waals surface area contributed by atoms with E-state index in [0.717, 1.165) is 5.56 Å². The largest absolute Gasteiger partial charge is 0.493 e. The van der Waals surface area contributed by atoms with Crippen molar-refractivity contribution in [2.24, 2.45) is 5.73 Å². The number of aromatic nitrogens is 3. The van der Waals surface area contributed by atoms with Crippen LogP contribution in [0.15, 0.2) is 40.9 Å². The monoisotopic (exact) mass is 436 g/mol. The van der Waals surface area contributed by atoms with Gasteiger partial charge in [0.25, 0.3) is 5.91 Å². The van der Waals surface area contributed by atoms with E-state index in [-0.39, 0.29) is 12.3 Å². The lowest BCUT2D eigenvalue weighted by molar-refractivity contribution is 0.0996. The molecule has 1 aromatic heterocycles. The third-order valence-electron chi connectivity index (χ3n) is 3.61. The maximum atomic E-state index is 11.5. The number of aromatic amines is 1. The van der Waals surface area contributed by atoms with Crippen molar-refractivity contribution in [2.45, 2.75) is 6.61 Å². The molecule has 0 fully saturated rings. The van der Waals surface area contributed by atoms with Crippen molar-refractivity contribution in [3.63, 3.8) is 0 Å². The Bertz CT molecular complexity index is 961. The Hall–Kier alpha value is -2.58. The number of ether oxygens (including phenoxy) is 2. The van der Waals surface area contributed by atoms with Gasteiger partial charge in [0.05, 0.1) is 11.6 Å². The van der Waals surface area contributed by atoms with Crippen molar-refractivity contribution in [1.29, 1.82) is 0 Å². The molecular weight excluding hydrogens is 424 g/mol. The van der Waals surface area contributed by atoms with E-state index in [1.165, 1.54) is 7.11 Å². The number of rotatable bonds is 6. The standard InChI is InChI=1S/C17H14BrClN4O3/c1-25-13-7-10(14-15(17(20)24)22-23-21-14)6-11(18)16(13)26-8-9-4-2-3-5-12(9)19/h2-7H,8H2,1H3,(H2,20,24)(H,21,22,23). The SMILES string of the molecule is COc1cc(-c2n[nH]nc2C(N)=O)cc(Br)c1OCc1ccccc1Cl. The first-order valence-electron chi connectivity index (χ1n) is 7.46. The van der Waals surface area contributed by atoms with Crippen molar-refractivity contribution in [3.05, 3.63) is 57.2 Å². The second-order valence-electron chi connectivity index (χ2n) is 5.25. The molecule has 0 aliphatic rings. The highest BCUT2D eigenvalue weighted by molar-refractivity contribution is 9.10. The van der Waals surface area contributed by atoms with Crippen LogP contribution < -0.4 is 15.2 Å². The minimum absolute atomic E-state index is 0.0451. The number of nitrogens with one attached hydrogen (secondary N) is 1. The van der Waals surface area contributed by atoms with Gasteiger partial charge in [-0.1, -0.05) is 29.8 Å². The molecular formula is C17H14BrClN4O3. The number of hydrogen-bond donors (Lipinski definition) is 2. The van der Waals surface area contributed by atoms with E-state index in [0.29, 0.717) is 32.3 Å². The summed E-state index contributed by atoms with van der Waals surface area (Å²) in [5, 5.41) is 10.8. The molecule has 3 aromatic rings. The summed E-state index contributed by atoms with van der Waals surface area (Å²) in [6.07, 6.45) is 0. The average Bonchev–Trinajstić information content (AvgIpc) is 3.11. The Kier molecular flexibility index (Phi) is 5.43. The van der Waals surface area contributed by atoms with Crippen LogP contribution in [0.2, 0.25) is 5.02 Å². The molecule has 0 saturated carbocycles. The predicted molar refractivity (Wildman–Crippen MR) is 100 cm³/mol. The Morgan fingerprint density at radius 1 is 1.31 bits per heavy atom. The number of carbonyl (C=O) groups is 1. The molecule has 0 spiro atoms. The lowest BCUT2D eigenvalue weighted by Gasteiger charge is -2.14. The average molecular weight is 438 g/mol. The summed E-state index contributed by atoms with van der Waals surface area (Å²) in [7, 11) is 1.52. The molecule has 1 heterocycles. The molecule has 0 aliphatic heterocycles. The van der Waals surface area contributed by atoms with Crippen molar-refractivity contribution >= 4 is 33.4 Å². The second kappa shape index (κ2) is 7.76. The highest BCUT2D eigenvalue weighted by Gasteiger charge is 2.19. The highest BCUT2D eigenvalue weighted by atomic mass is 79.9. The lowest BCUT2D eigenvalue weighted by atomic mass is 10.1. The predicted octanol–water partition coefficient (Wildman–Crippen LogP) is 3.57. The molecule has 2 aromatic carbocycles. The molecule has 3 N–H and O–H groups in total. The van der Waals surface area contributed by atoms with Crippen molar-refractivity contribution in [2.75, 3.05) is 7.11 Å². The zero-order valence-electron chi connectivity index (χ0n) is 13.6. The Morgan fingerprint density at radius 2 is 2.08 bits per heavy atom. The first-order valence-corrected chi connectivity index (χ1v) is 8.63. The summed E-state index contributed by atoms with van der Waals surface area (Å²) >= 11 is 9.62. The molecule has 3 rings (SSSR count). The van der Waals surface area contributed by atoms with Crippen LogP contribution in [-0.2, 0) is 6.61 Å².